The van der Waals surface area contributed by atoms with Gasteiger partial charge in [-0.3, -0.25) is 14.9 Å². The van der Waals surface area contributed by atoms with Gasteiger partial charge in [-0.2, -0.15) is 0 Å². The maximum absolute atomic E-state index is 13.7. The van der Waals surface area contributed by atoms with Crippen molar-refractivity contribution in [2.24, 2.45) is 0 Å². The molecule has 0 radical (unpaired) electrons. The first kappa shape index (κ1) is 15.1. The third-order valence-electron chi connectivity index (χ3n) is 2.44. The van der Waals surface area contributed by atoms with Gasteiger partial charge in [-0.05, 0) is 18.2 Å². The fourth-order valence-corrected chi connectivity index (χ4v) is 1.82. The number of anilines is 1. The number of pyridine rings is 1. The summed E-state index contributed by atoms with van der Waals surface area (Å²) in [5.41, 5.74) is -0.838. The minimum atomic E-state index is -0.948. The molecule has 21 heavy (non-hydrogen) atoms. The van der Waals surface area contributed by atoms with Gasteiger partial charge in [-0.25, -0.2) is 9.37 Å². The summed E-state index contributed by atoms with van der Waals surface area (Å²) in [6.07, 6.45) is 0. The Labute approximate surface area is 127 Å². The Morgan fingerprint density at radius 3 is 2.62 bits per heavy atom. The van der Waals surface area contributed by atoms with Gasteiger partial charge in [-0.15, -0.1) is 0 Å². The molecule has 0 saturated carbocycles. The first-order valence-corrected chi connectivity index (χ1v) is 6.21. The van der Waals surface area contributed by atoms with Crippen molar-refractivity contribution in [2.45, 2.75) is 0 Å². The molecule has 0 aliphatic rings. The number of rotatable bonds is 3. The second kappa shape index (κ2) is 6.02. The van der Waals surface area contributed by atoms with Crippen molar-refractivity contribution in [3.8, 4) is 0 Å². The van der Waals surface area contributed by atoms with Crippen LogP contribution in [0.2, 0.25) is 10.2 Å². The molecule has 0 bridgehead atoms. The van der Waals surface area contributed by atoms with E-state index in [9.17, 15) is 19.3 Å². The highest BCUT2D eigenvalue weighted by Crippen LogP contribution is 2.22. The number of carbonyl (C=O) groups excluding carboxylic acids is 1. The van der Waals surface area contributed by atoms with Crippen LogP contribution in [0.4, 0.5) is 15.8 Å². The highest BCUT2D eigenvalue weighted by molar-refractivity contribution is 6.35. The van der Waals surface area contributed by atoms with Crippen LogP contribution in [0.5, 0.6) is 0 Å². The molecule has 0 atom stereocenters. The average molecular weight is 330 g/mol. The number of halogens is 3. The van der Waals surface area contributed by atoms with Crippen LogP contribution < -0.4 is 5.32 Å². The first-order valence-electron chi connectivity index (χ1n) is 5.46. The summed E-state index contributed by atoms with van der Waals surface area (Å²) in [5.74, 6) is -1.73. The Bertz CT molecular complexity index is 740. The molecule has 2 aromatic rings. The third-order valence-corrected chi connectivity index (χ3v) is 2.95. The number of nitro benzene ring substituents is 1. The van der Waals surface area contributed by atoms with Crippen molar-refractivity contribution in [3.63, 3.8) is 0 Å². The van der Waals surface area contributed by atoms with E-state index in [1.54, 1.807) is 0 Å². The Kier molecular flexibility index (Phi) is 4.35. The number of hydrogen-bond donors (Lipinski definition) is 1. The lowest BCUT2D eigenvalue weighted by Crippen LogP contribution is -2.15. The predicted molar refractivity (Wildman–Crippen MR) is 75.3 cm³/mol. The van der Waals surface area contributed by atoms with Gasteiger partial charge in [0.1, 0.15) is 10.8 Å². The summed E-state index contributed by atoms with van der Waals surface area (Å²) >= 11 is 11.5. The molecule has 0 fully saturated rings. The van der Waals surface area contributed by atoms with Crippen molar-refractivity contribution in [1.29, 1.82) is 0 Å². The standard InChI is InChI=1S/C12H6Cl2FN3O3/c13-7-2-4-10(14)17-11(7)12(19)16-9-3-1-6(18(20)21)5-8(9)15/h1-5H,(H,16,19). The zero-order valence-electron chi connectivity index (χ0n) is 10.1. The maximum Gasteiger partial charge on any atom is 0.275 e. The number of aromatic nitrogens is 1. The van der Waals surface area contributed by atoms with Crippen LogP contribution in [-0.4, -0.2) is 15.8 Å². The van der Waals surface area contributed by atoms with Crippen molar-refractivity contribution in [2.75, 3.05) is 5.32 Å². The Morgan fingerprint density at radius 2 is 2.00 bits per heavy atom. The van der Waals surface area contributed by atoms with Crippen molar-refractivity contribution in [3.05, 3.63) is 62.1 Å². The lowest BCUT2D eigenvalue weighted by Gasteiger charge is -2.07. The summed E-state index contributed by atoms with van der Waals surface area (Å²) in [5, 5.41) is 12.8. The lowest BCUT2D eigenvalue weighted by molar-refractivity contribution is -0.385. The zero-order chi connectivity index (χ0) is 15.6. The molecule has 0 saturated heterocycles. The van der Waals surface area contributed by atoms with E-state index in [-0.39, 0.29) is 21.6 Å². The van der Waals surface area contributed by atoms with E-state index in [0.29, 0.717) is 6.07 Å². The largest absolute Gasteiger partial charge is 0.318 e. The maximum atomic E-state index is 13.7. The van der Waals surface area contributed by atoms with Crippen LogP contribution in [0.3, 0.4) is 0 Å². The zero-order valence-corrected chi connectivity index (χ0v) is 11.7. The molecule has 1 aromatic heterocycles. The van der Waals surface area contributed by atoms with Gasteiger partial charge in [0.05, 0.1) is 21.7 Å². The van der Waals surface area contributed by atoms with Crippen LogP contribution >= 0.6 is 23.2 Å². The summed E-state index contributed by atoms with van der Waals surface area (Å²) < 4.78 is 13.7. The molecule has 0 aliphatic carbocycles. The molecule has 1 amide bonds. The molecule has 2 rings (SSSR count). The quantitative estimate of drug-likeness (QED) is 0.528. The fraction of sp³-hybridized carbons (Fsp3) is 0. The first-order chi connectivity index (χ1) is 9.88. The monoisotopic (exact) mass is 329 g/mol. The van der Waals surface area contributed by atoms with E-state index >= 15 is 0 Å². The molecule has 0 unspecified atom stereocenters. The molecule has 0 spiro atoms. The van der Waals surface area contributed by atoms with Crippen LogP contribution in [0, 0.1) is 15.9 Å². The molecule has 1 N–H and O–H groups in total. The SMILES string of the molecule is O=C(Nc1ccc([N+](=O)[O-])cc1F)c1nc(Cl)ccc1Cl. The van der Waals surface area contributed by atoms with Crippen LogP contribution in [-0.2, 0) is 0 Å². The summed E-state index contributed by atoms with van der Waals surface area (Å²) in [4.78, 5) is 25.4. The molecule has 6 nitrogen and oxygen atoms in total. The lowest BCUT2D eigenvalue weighted by atomic mass is 10.2. The van der Waals surface area contributed by atoms with E-state index < -0.39 is 22.3 Å². The van der Waals surface area contributed by atoms with E-state index in [4.69, 9.17) is 23.2 Å². The van der Waals surface area contributed by atoms with Gasteiger partial charge < -0.3 is 5.32 Å². The topological polar surface area (TPSA) is 85.1 Å². The van der Waals surface area contributed by atoms with Crippen molar-refractivity contribution in [1.82, 2.24) is 4.98 Å². The molecule has 1 heterocycles. The number of nitrogens with zero attached hydrogens (tertiary/aromatic N) is 2. The Hall–Kier alpha value is -2.25. The minimum Gasteiger partial charge on any atom is -0.318 e. The number of amides is 1. The number of benzene rings is 1. The normalized spacial score (nSPS) is 10.2. The highest BCUT2D eigenvalue weighted by atomic mass is 35.5. The molecule has 108 valence electrons. The molecule has 0 aliphatic heterocycles. The number of hydrogen-bond acceptors (Lipinski definition) is 4. The molecular formula is C12H6Cl2FN3O3. The van der Waals surface area contributed by atoms with Crippen molar-refractivity contribution < 1.29 is 14.1 Å². The van der Waals surface area contributed by atoms with Gasteiger partial charge in [0, 0.05) is 6.07 Å². The molecular weight excluding hydrogens is 324 g/mol. The third kappa shape index (κ3) is 3.45. The second-order valence-electron chi connectivity index (χ2n) is 3.84. The van der Waals surface area contributed by atoms with Crippen LogP contribution in [0.25, 0.3) is 0 Å². The van der Waals surface area contributed by atoms with E-state index in [0.717, 1.165) is 12.1 Å². The average Bonchev–Trinajstić information content (AvgIpc) is 2.43. The Morgan fingerprint density at radius 1 is 1.29 bits per heavy atom. The fourth-order valence-electron chi connectivity index (χ4n) is 1.48. The smallest absolute Gasteiger partial charge is 0.275 e. The number of carbonyl (C=O) groups is 1. The Balaban J connectivity index is 2.27. The second-order valence-corrected chi connectivity index (χ2v) is 4.63. The summed E-state index contributed by atoms with van der Waals surface area (Å²) in [6.45, 7) is 0. The summed E-state index contributed by atoms with van der Waals surface area (Å²) in [7, 11) is 0. The van der Waals surface area contributed by atoms with Gasteiger partial charge in [0.15, 0.2) is 5.82 Å². The number of nitrogens with one attached hydrogen (secondary N) is 1. The van der Waals surface area contributed by atoms with Gasteiger partial charge in [-0.1, -0.05) is 23.2 Å². The summed E-state index contributed by atoms with van der Waals surface area (Å²) in [6, 6.07) is 5.60. The van der Waals surface area contributed by atoms with Gasteiger partial charge >= 0.3 is 0 Å². The highest BCUT2D eigenvalue weighted by Gasteiger charge is 2.17. The molecule has 9 heteroatoms. The molecule has 1 aromatic carbocycles. The number of non-ortho nitro benzene ring substituents is 1. The minimum absolute atomic E-state index is 0.0409. The van der Waals surface area contributed by atoms with E-state index in [1.807, 2.05) is 0 Å². The van der Waals surface area contributed by atoms with Crippen LogP contribution in [0.15, 0.2) is 30.3 Å². The van der Waals surface area contributed by atoms with E-state index in [1.165, 1.54) is 12.1 Å². The van der Waals surface area contributed by atoms with Gasteiger partial charge in [0.25, 0.3) is 11.6 Å². The number of nitro groups is 1. The van der Waals surface area contributed by atoms with Gasteiger partial charge in [0.2, 0.25) is 0 Å². The van der Waals surface area contributed by atoms with E-state index in [2.05, 4.69) is 10.3 Å². The predicted octanol–water partition coefficient (Wildman–Crippen LogP) is 3.69. The van der Waals surface area contributed by atoms with Crippen LogP contribution in [0.1, 0.15) is 10.5 Å². The van der Waals surface area contributed by atoms with Crippen molar-refractivity contribution >= 4 is 40.5 Å².